The van der Waals surface area contributed by atoms with Crippen molar-refractivity contribution >= 4 is 27.3 Å². The number of aryl methyl sites for hydroxylation is 2. The van der Waals surface area contributed by atoms with Crippen molar-refractivity contribution in [1.29, 1.82) is 0 Å². The maximum absolute atomic E-state index is 12.9. The number of rotatable bonds is 7. The first-order valence-electron chi connectivity index (χ1n) is 9.16. The van der Waals surface area contributed by atoms with Crippen molar-refractivity contribution in [3.05, 3.63) is 64.7 Å². The molecule has 0 fully saturated rings. The van der Waals surface area contributed by atoms with E-state index >= 15 is 0 Å². The van der Waals surface area contributed by atoms with Crippen molar-refractivity contribution in [3.8, 4) is 17.1 Å². The standard InChI is InChI=1S/C21H22ClN3O3S/c1-4-10-28-21-9-8-19(23-24-21)16-6-5-7-17(13-16)25-29(26,27)20-12-14(2)18(22)11-15(20)3/h5-9,11-13,25H,4,10H2,1-3H3. The lowest BCUT2D eigenvalue weighted by atomic mass is 10.1. The Morgan fingerprint density at radius 2 is 1.83 bits per heavy atom. The maximum atomic E-state index is 12.9. The fraction of sp³-hybridized carbons (Fsp3) is 0.238. The zero-order valence-electron chi connectivity index (χ0n) is 16.4. The fourth-order valence-electron chi connectivity index (χ4n) is 2.75. The van der Waals surface area contributed by atoms with E-state index in [0.717, 1.165) is 12.0 Å². The van der Waals surface area contributed by atoms with Gasteiger partial charge in [0.15, 0.2) is 0 Å². The van der Waals surface area contributed by atoms with E-state index in [1.807, 2.05) is 13.0 Å². The van der Waals surface area contributed by atoms with Crippen LogP contribution in [0.3, 0.4) is 0 Å². The molecule has 29 heavy (non-hydrogen) atoms. The van der Waals surface area contributed by atoms with Crippen molar-refractivity contribution in [3.63, 3.8) is 0 Å². The van der Waals surface area contributed by atoms with Gasteiger partial charge in [-0.25, -0.2) is 8.42 Å². The summed E-state index contributed by atoms with van der Waals surface area (Å²) in [6.45, 7) is 6.08. The Morgan fingerprint density at radius 1 is 1.03 bits per heavy atom. The Morgan fingerprint density at radius 3 is 2.52 bits per heavy atom. The molecule has 3 rings (SSSR count). The van der Waals surface area contributed by atoms with E-state index in [0.29, 0.717) is 40.0 Å². The van der Waals surface area contributed by atoms with Gasteiger partial charge in [-0.2, -0.15) is 0 Å². The molecule has 8 heteroatoms. The van der Waals surface area contributed by atoms with Crippen LogP contribution in [0.2, 0.25) is 5.02 Å². The van der Waals surface area contributed by atoms with Crippen LogP contribution in [0, 0.1) is 13.8 Å². The number of nitrogens with one attached hydrogen (secondary N) is 1. The first-order chi connectivity index (χ1) is 13.8. The second-order valence-corrected chi connectivity index (χ2v) is 8.72. The summed E-state index contributed by atoms with van der Waals surface area (Å²) in [6.07, 6.45) is 0.887. The van der Waals surface area contributed by atoms with Crippen molar-refractivity contribution in [2.45, 2.75) is 32.1 Å². The number of halogens is 1. The van der Waals surface area contributed by atoms with Gasteiger partial charge in [-0.15, -0.1) is 10.2 Å². The molecule has 0 unspecified atom stereocenters. The van der Waals surface area contributed by atoms with Crippen LogP contribution in [-0.4, -0.2) is 25.2 Å². The van der Waals surface area contributed by atoms with Gasteiger partial charge in [0.2, 0.25) is 5.88 Å². The Balaban J connectivity index is 1.85. The molecule has 0 bridgehead atoms. The summed E-state index contributed by atoms with van der Waals surface area (Å²) in [5, 5.41) is 8.75. The van der Waals surface area contributed by atoms with Crippen molar-refractivity contribution < 1.29 is 13.2 Å². The monoisotopic (exact) mass is 431 g/mol. The molecule has 0 atom stereocenters. The lowest BCUT2D eigenvalue weighted by Gasteiger charge is -2.13. The summed E-state index contributed by atoms with van der Waals surface area (Å²) >= 11 is 6.09. The van der Waals surface area contributed by atoms with E-state index in [2.05, 4.69) is 14.9 Å². The van der Waals surface area contributed by atoms with Gasteiger partial charge in [0.05, 0.1) is 17.2 Å². The van der Waals surface area contributed by atoms with Crippen molar-refractivity contribution in [1.82, 2.24) is 10.2 Å². The molecule has 1 heterocycles. The van der Waals surface area contributed by atoms with E-state index in [9.17, 15) is 8.42 Å². The summed E-state index contributed by atoms with van der Waals surface area (Å²) in [6, 6.07) is 13.8. The molecule has 0 amide bonds. The van der Waals surface area contributed by atoms with Crippen LogP contribution in [0.4, 0.5) is 5.69 Å². The van der Waals surface area contributed by atoms with Crippen LogP contribution < -0.4 is 9.46 Å². The molecule has 0 radical (unpaired) electrons. The number of ether oxygens (including phenoxy) is 1. The minimum atomic E-state index is -3.76. The van der Waals surface area contributed by atoms with Crippen LogP contribution in [0.15, 0.2) is 53.4 Å². The SMILES string of the molecule is CCCOc1ccc(-c2cccc(NS(=O)(=O)c3cc(C)c(Cl)cc3C)c2)nn1. The van der Waals surface area contributed by atoms with Gasteiger partial charge in [-0.05, 0) is 61.7 Å². The number of sulfonamides is 1. The largest absolute Gasteiger partial charge is 0.477 e. The Labute approximate surface area is 176 Å². The Hall–Kier alpha value is -2.64. The highest BCUT2D eigenvalue weighted by Gasteiger charge is 2.18. The van der Waals surface area contributed by atoms with E-state index < -0.39 is 10.0 Å². The number of benzene rings is 2. The van der Waals surface area contributed by atoms with E-state index in [4.69, 9.17) is 16.3 Å². The minimum absolute atomic E-state index is 0.196. The second kappa shape index (κ2) is 8.80. The molecule has 0 aliphatic rings. The summed E-state index contributed by atoms with van der Waals surface area (Å²) in [7, 11) is -3.76. The molecule has 3 aromatic rings. The van der Waals surface area contributed by atoms with Crippen molar-refractivity contribution in [2.75, 3.05) is 11.3 Å². The lowest BCUT2D eigenvalue weighted by Crippen LogP contribution is -2.14. The number of nitrogens with zero attached hydrogens (tertiary/aromatic N) is 2. The third kappa shape index (κ3) is 5.05. The zero-order chi connectivity index (χ0) is 21.0. The molecule has 0 saturated carbocycles. The first-order valence-corrected chi connectivity index (χ1v) is 11.0. The van der Waals surface area contributed by atoms with Crippen LogP contribution in [-0.2, 0) is 10.0 Å². The molecule has 1 aromatic heterocycles. The lowest BCUT2D eigenvalue weighted by molar-refractivity contribution is 0.302. The van der Waals surface area contributed by atoms with E-state index in [-0.39, 0.29) is 4.90 Å². The average molecular weight is 432 g/mol. The topological polar surface area (TPSA) is 81.2 Å². The fourth-order valence-corrected chi connectivity index (χ4v) is 4.33. The maximum Gasteiger partial charge on any atom is 0.262 e. The van der Waals surface area contributed by atoms with Gasteiger partial charge in [0.25, 0.3) is 10.0 Å². The quantitative estimate of drug-likeness (QED) is 0.569. The highest BCUT2D eigenvalue weighted by atomic mass is 35.5. The highest BCUT2D eigenvalue weighted by molar-refractivity contribution is 7.92. The molecular weight excluding hydrogens is 410 g/mol. The smallest absolute Gasteiger partial charge is 0.262 e. The minimum Gasteiger partial charge on any atom is -0.477 e. The van der Waals surface area contributed by atoms with Crippen LogP contribution in [0.25, 0.3) is 11.3 Å². The predicted molar refractivity (Wildman–Crippen MR) is 115 cm³/mol. The van der Waals surface area contributed by atoms with Gasteiger partial charge in [-0.1, -0.05) is 30.7 Å². The molecule has 0 spiro atoms. The average Bonchev–Trinajstić information content (AvgIpc) is 2.69. The molecule has 0 aliphatic heterocycles. The van der Waals surface area contributed by atoms with Crippen LogP contribution in [0.1, 0.15) is 24.5 Å². The first kappa shape index (κ1) is 21.1. The van der Waals surface area contributed by atoms with Gasteiger partial charge in [0.1, 0.15) is 0 Å². The van der Waals surface area contributed by atoms with E-state index in [1.165, 1.54) is 0 Å². The normalized spacial score (nSPS) is 11.3. The molecule has 1 N–H and O–H groups in total. The second-order valence-electron chi connectivity index (χ2n) is 6.66. The summed E-state index contributed by atoms with van der Waals surface area (Å²) in [5.41, 5.74) is 3.07. The van der Waals surface area contributed by atoms with Gasteiger partial charge >= 0.3 is 0 Å². The summed E-state index contributed by atoms with van der Waals surface area (Å²) in [5.74, 6) is 0.459. The summed E-state index contributed by atoms with van der Waals surface area (Å²) in [4.78, 5) is 0.196. The Bertz CT molecular complexity index is 1120. The molecular formula is C21H22ClN3O3S. The van der Waals surface area contributed by atoms with Crippen LogP contribution >= 0.6 is 11.6 Å². The third-order valence-electron chi connectivity index (χ3n) is 4.25. The molecule has 152 valence electrons. The van der Waals surface area contributed by atoms with Crippen molar-refractivity contribution in [2.24, 2.45) is 0 Å². The van der Waals surface area contributed by atoms with Gasteiger partial charge < -0.3 is 4.74 Å². The number of aromatic nitrogens is 2. The van der Waals surface area contributed by atoms with Gasteiger partial charge in [-0.3, -0.25) is 4.72 Å². The third-order valence-corrected chi connectivity index (χ3v) is 6.18. The Kier molecular flexibility index (Phi) is 6.39. The predicted octanol–water partition coefficient (Wildman–Crippen LogP) is 5.00. The van der Waals surface area contributed by atoms with Crippen LogP contribution in [0.5, 0.6) is 5.88 Å². The summed E-state index contributed by atoms with van der Waals surface area (Å²) < 4.78 is 33.8. The molecule has 0 saturated heterocycles. The van der Waals surface area contributed by atoms with Gasteiger partial charge in [0, 0.05) is 22.3 Å². The highest BCUT2D eigenvalue weighted by Crippen LogP contribution is 2.27. The molecule has 6 nitrogen and oxygen atoms in total. The molecule has 0 aliphatic carbocycles. The zero-order valence-corrected chi connectivity index (χ0v) is 18.0. The number of anilines is 1. The molecule has 2 aromatic carbocycles. The van der Waals surface area contributed by atoms with E-state index in [1.54, 1.807) is 56.3 Å². The number of hydrogen-bond donors (Lipinski definition) is 1. The number of hydrogen-bond acceptors (Lipinski definition) is 5.